The van der Waals surface area contributed by atoms with Gasteiger partial charge < -0.3 is 10.2 Å². The number of ketones is 1. The highest BCUT2D eigenvalue weighted by atomic mass is 16.4. The minimum atomic E-state index is -1.34. The Balaban J connectivity index is 2.65. The van der Waals surface area contributed by atoms with Crippen molar-refractivity contribution in [3.05, 3.63) is 70.3 Å². The highest BCUT2D eigenvalue weighted by Crippen LogP contribution is 2.20. The summed E-state index contributed by atoms with van der Waals surface area (Å²) in [6.45, 7) is 1.85. The third kappa shape index (κ3) is 2.81. The summed E-state index contributed by atoms with van der Waals surface area (Å²) in [5.41, 5.74) is 0.246. The first kappa shape index (κ1) is 14.5. The Hall–Kier alpha value is -2.95. The fourth-order valence-corrected chi connectivity index (χ4v) is 2.00. The minimum Gasteiger partial charge on any atom is -0.478 e. The SMILES string of the molecule is Cc1ccc(C(=O)c2c(C(=O)O)cccc2C(=O)O)cc1. The average molecular weight is 284 g/mol. The third-order valence-electron chi connectivity index (χ3n) is 3.07. The Labute approximate surface area is 120 Å². The molecule has 2 N–H and O–H groups in total. The smallest absolute Gasteiger partial charge is 0.336 e. The molecule has 0 aromatic heterocycles. The standard InChI is InChI=1S/C16H12O5/c1-9-5-7-10(8-6-9)14(17)13-11(15(18)19)3-2-4-12(13)16(20)21/h2-8H,1H3,(H,18,19)(H,20,21). The van der Waals surface area contributed by atoms with Gasteiger partial charge in [-0.15, -0.1) is 0 Å². The maximum absolute atomic E-state index is 12.5. The average Bonchev–Trinajstić information content (AvgIpc) is 2.46. The van der Waals surface area contributed by atoms with E-state index < -0.39 is 17.7 Å². The zero-order valence-corrected chi connectivity index (χ0v) is 11.2. The first-order valence-electron chi connectivity index (χ1n) is 6.12. The molecule has 5 nitrogen and oxygen atoms in total. The summed E-state index contributed by atoms with van der Waals surface area (Å²) in [5.74, 6) is -3.30. The molecular weight excluding hydrogens is 272 g/mol. The monoisotopic (exact) mass is 284 g/mol. The number of carbonyl (C=O) groups is 3. The lowest BCUT2D eigenvalue weighted by molar-refractivity contribution is 0.0690. The van der Waals surface area contributed by atoms with E-state index in [2.05, 4.69) is 0 Å². The largest absolute Gasteiger partial charge is 0.478 e. The predicted octanol–water partition coefficient (Wildman–Crippen LogP) is 2.62. The molecule has 5 heteroatoms. The van der Waals surface area contributed by atoms with Gasteiger partial charge in [-0.3, -0.25) is 4.79 Å². The van der Waals surface area contributed by atoms with E-state index >= 15 is 0 Å². The highest BCUT2D eigenvalue weighted by Gasteiger charge is 2.24. The van der Waals surface area contributed by atoms with Crippen LogP contribution in [0.4, 0.5) is 0 Å². The summed E-state index contributed by atoms with van der Waals surface area (Å²) >= 11 is 0. The second kappa shape index (κ2) is 5.58. The maximum atomic E-state index is 12.5. The molecule has 0 heterocycles. The Morgan fingerprint density at radius 3 is 1.71 bits per heavy atom. The quantitative estimate of drug-likeness (QED) is 0.842. The first-order valence-corrected chi connectivity index (χ1v) is 6.12. The van der Waals surface area contributed by atoms with Gasteiger partial charge in [-0.25, -0.2) is 9.59 Å². The van der Waals surface area contributed by atoms with Gasteiger partial charge in [0.05, 0.1) is 16.7 Å². The molecule has 0 bridgehead atoms. The summed E-state index contributed by atoms with van der Waals surface area (Å²) in [4.78, 5) is 35.0. The van der Waals surface area contributed by atoms with Gasteiger partial charge in [0.1, 0.15) is 0 Å². The van der Waals surface area contributed by atoms with Gasteiger partial charge in [-0.1, -0.05) is 35.9 Å². The van der Waals surface area contributed by atoms with E-state index in [1.807, 2.05) is 6.92 Å². The zero-order valence-electron chi connectivity index (χ0n) is 11.2. The highest BCUT2D eigenvalue weighted by molar-refractivity contribution is 6.18. The molecule has 0 radical (unpaired) electrons. The molecule has 2 aromatic carbocycles. The number of carbonyl (C=O) groups excluding carboxylic acids is 1. The van der Waals surface area contributed by atoms with Crippen molar-refractivity contribution in [1.29, 1.82) is 0 Å². The number of rotatable bonds is 4. The molecule has 0 amide bonds. The van der Waals surface area contributed by atoms with Crippen molar-refractivity contribution in [3.63, 3.8) is 0 Å². The molecule has 0 saturated carbocycles. The number of aromatic carboxylic acids is 2. The lowest BCUT2D eigenvalue weighted by atomic mass is 9.93. The number of hydrogen-bond donors (Lipinski definition) is 2. The summed E-state index contributed by atoms with van der Waals surface area (Å²) in [5, 5.41) is 18.3. The first-order chi connectivity index (χ1) is 9.91. The molecule has 21 heavy (non-hydrogen) atoms. The fourth-order valence-electron chi connectivity index (χ4n) is 2.00. The molecule has 2 aromatic rings. The van der Waals surface area contributed by atoms with Gasteiger partial charge in [0.15, 0.2) is 5.78 Å². The van der Waals surface area contributed by atoms with Crippen LogP contribution in [0.15, 0.2) is 42.5 Å². The molecule has 0 unspecified atom stereocenters. The van der Waals surface area contributed by atoms with Gasteiger partial charge in [0.2, 0.25) is 0 Å². The van der Waals surface area contributed by atoms with E-state index in [0.29, 0.717) is 0 Å². The van der Waals surface area contributed by atoms with Gasteiger partial charge in [0, 0.05) is 5.56 Å². The van der Waals surface area contributed by atoms with Crippen molar-refractivity contribution in [3.8, 4) is 0 Å². The molecule has 2 rings (SSSR count). The van der Waals surface area contributed by atoms with Crippen molar-refractivity contribution in [1.82, 2.24) is 0 Å². The maximum Gasteiger partial charge on any atom is 0.336 e. The van der Waals surface area contributed by atoms with E-state index in [-0.39, 0.29) is 22.3 Å². The van der Waals surface area contributed by atoms with Crippen LogP contribution in [0, 0.1) is 6.92 Å². The van der Waals surface area contributed by atoms with Gasteiger partial charge >= 0.3 is 11.9 Å². The van der Waals surface area contributed by atoms with Crippen LogP contribution < -0.4 is 0 Å². The molecule has 0 spiro atoms. The number of carboxylic acid groups (broad SMARTS) is 2. The summed E-state index contributed by atoms with van der Waals surface area (Å²) in [7, 11) is 0. The van der Waals surface area contributed by atoms with Crippen LogP contribution in [0.5, 0.6) is 0 Å². The number of aryl methyl sites for hydroxylation is 1. The van der Waals surface area contributed by atoms with Crippen LogP contribution in [0.25, 0.3) is 0 Å². The molecule has 0 aliphatic carbocycles. The van der Waals surface area contributed by atoms with Crippen LogP contribution in [-0.2, 0) is 0 Å². The van der Waals surface area contributed by atoms with Crippen LogP contribution in [0.2, 0.25) is 0 Å². The van der Waals surface area contributed by atoms with E-state index in [1.54, 1.807) is 24.3 Å². The van der Waals surface area contributed by atoms with E-state index in [4.69, 9.17) is 10.2 Å². The fraction of sp³-hybridized carbons (Fsp3) is 0.0625. The van der Waals surface area contributed by atoms with Gasteiger partial charge in [-0.05, 0) is 19.1 Å². The van der Waals surface area contributed by atoms with Crippen LogP contribution in [0.3, 0.4) is 0 Å². The summed E-state index contributed by atoms with van der Waals surface area (Å²) < 4.78 is 0. The Kier molecular flexibility index (Phi) is 3.84. The van der Waals surface area contributed by atoms with Crippen LogP contribution >= 0.6 is 0 Å². The van der Waals surface area contributed by atoms with E-state index in [1.165, 1.54) is 18.2 Å². The Morgan fingerprint density at radius 2 is 1.29 bits per heavy atom. The normalized spacial score (nSPS) is 10.1. The summed E-state index contributed by atoms with van der Waals surface area (Å²) in [6.07, 6.45) is 0. The second-order valence-electron chi connectivity index (χ2n) is 4.53. The third-order valence-corrected chi connectivity index (χ3v) is 3.07. The molecular formula is C16H12O5. The Morgan fingerprint density at radius 1 is 0.810 bits per heavy atom. The van der Waals surface area contributed by atoms with Crippen molar-refractivity contribution in [2.75, 3.05) is 0 Å². The van der Waals surface area contributed by atoms with Crippen molar-refractivity contribution < 1.29 is 24.6 Å². The predicted molar refractivity (Wildman–Crippen MR) is 75.0 cm³/mol. The second-order valence-corrected chi connectivity index (χ2v) is 4.53. The van der Waals surface area contributed by atoms with Crippen molar-refractivity contribution >= 4 is 17.7 Å². The van der Waals surface area contributed by atoms with Gasteiger partial charge in [0.25, 0.3) is 0 Å². The topological polar surface area (TPSA) is 91.7 Å². The molecule has 0 saturated heterocycles. The number of hydrogen-bond acceptors (Lipinski definition) is 3. The molecule has 106 valence electrons. The van der Waals surface area contributed by atoms with Crippen molar-refractivity contribution in [2.45, 2.75) is 6.92 Å². The molecule has 0 atom stereocenters. The summed E-state index contributed by atoms with van der Waals surface area (Å²) in [6, 6.07) is 10.2. The zero-order chi connectivity index (χ0) is 15.6. The number of benzene rings is 2. The van der Waals surface area contributed by atoms with Gasteiger partial charge in [-0.2, -0.15) is 0 Å². The van der Waals surface area contributed by atoms with Crippen LogP contribution in [0.1, 0.15) is 42.2 Å². The molecule has 0 fully saturated rings. The minimum absolute atomic E-state index is 0.247. The van der Waals surface area contributed by atoms with Crippen molar-refractivity contribution in [2.24, 2.45) is 0 Å². The lowest BCUT2D eigenvalue weighted by Crippen LogP contribution is -2.15. The molecule has 0 aliphatic rings. The lowest BCUT2D eigenvalue weighted by Gasteiger charge is -2.09. The molecule has 0 aliphatic heterocycles. The number of carboxylic acids is 2. The van der Waals surface area contributed by atoms with E-state index in [0.717, 1.165) is 5.56 Å². The Bertz CT molecular complexity index is 697. The van der Waals surface area contributed by atoms with Crippen LogP contribution in [-0.4, -0.2) is 27.9 Å². The van der Waals surface area contributed by atoms with E-state index in [9.17, 15) is 14.4 Å².